The molecular weight excluding hydrogens is 444 g/mol. The van der Waals surface area contributed by atoms with Crippen molar-refractivity contribution in [3.8, 4) is 5.00 Å². The summed E-state index contributed by atoms with van der Waals surface area (Å²) in [4.78, 5) is 19.3. The van der Waals surface area contributed by atoms with Crippen LogP contribution in [0.3, 0.4) is 0 Å². The van der Waals surface area contributed by atoms with Crippen LogP contribution in [-0.4, -0.2) is 49.9 Å². The lowest BCUT2D eigenvalue weighted by atomic mass is 9.95. The van der Waals surface area contributed by atoms with E-state index >= 15 is 0 Å². The summed E-state index contributed by atoms with van der Waals surface area (Å²) in [6.07, 6.45) is 7.72. The van der Waals surface area contributed by atoms with Gasteiger partial charge in [-0.05, 0) is 67.5 Å². The summed E-state index contributed by atoms with van der Waals surface area (Å²) in [5.41, 5.74) is 6.23. The third-order valence-electron chi connectivity index (χ3n) is 6.97. The van der Waals surface area contributed by atoms with Crippen LogP contribution in [0.15, 0.2) is 42.6 Å². The lowest BCUT2D eigenvalue weighted by Gasteiger charge is -2.31. The van der Waals surface area contributed by atoms with Gasteiger partial charge in [0.05, 0.1) is 18.3 Å². The second-order valence-electron chi connectivity index (χ2n) is 9.39. The first-order valence-electron chi connectivity index (χ1n) is 12.2. The number of hydrogen-bond donors (Lipinski definition) is 1. The molecule has 0 bridgehead atoms. The molecule has 34 heavy (non-hydrogen) atoms. The highest BCUT2D eigenvalue weighted by molar-refractivity contribution is 7.15. The van der Waals surface area contributed by atoms with Crippen molar-refractivity contribution in [3.05, 3.63) is 69.9 Å². The fraction of sp³-hybridized carbons (Fsp3) is 0.444. The summed E-state index contributed by atoms with van der Waals surface area (Å²) >= 11 is 1.92. The monoisotopic (exact) mass is 478 g/mol. The number of anilines is 1. The molecule has 180 valence electrons. The summed E-state index contributed by atoms with van der Waals surface area (Å²) < 4.78 is 7.51. The zero-order valence-electron chi connectivity index (χ0n) is 20.3. The number of aryl methyl sites for hydroxylation is 1. The lowest BCUT2D eigenvalue weighted by molar-refractivity contribution is 0.174. The van der Waals surface area contributed by atoms with Crippen molar-refractivity contribution >= 4 is 23.1 Å². The Morgan fingerprint density at radius 3 is 2.71 bits per heavy atom. The van der Waals surface area contributed by atoms with Gasteiger partial charge in [0.2, 0.25) is 0 Å². The van der Waals surface area contributed by atoms with Gasteiger partial charge in [0.25, 0.3) is 0 Å². The van der Waals surface area contributed by atoms with Crippen LogP contribution in [0.5, 0.6) is 0 Å². The van der Waals surface area contributed by atoms with E-state index in [1.165, 1.54) is 33.8 Å². The summed E-state index contributed by atoms with van der Waals surface area (Å²) in [6, 6.07) is 12.7. The number of carbonyl (C=O) groups is 1. The van der Waals surface area contributed by atoms with E-state index in [-0.39, 0.29) is 12.1 Å². The first-order chi connectivity index (χ1) is 16.6. The van der Waals surface area contributed by atoms with Gasteiger partial charge in [0, 0.05) is 56.7 Å². The molecule has 0 spiro atoms. The van der Waals surface area contributed by atoms with E-state index in [0.717, 1.165) is 36.2 Å². The van der Waals surface area contributed by atoms with Crippen LogP contribution >= 0.6 is 11.3 Å². The molecule has 0 saturated carbocycles. The smallest absolute Gasteiger partial charge is 0.318 e. The van der Waals surface area contributed by atoms with Gasteiger partial charge in [-0.3, -0.25) is 0 Å². The molecular formula is C27H34N4O2S. The second-order valence-corrected chi connectivity index (χ2v) is 10.5. The van der Waals surface area contributed by atoms with Crippen molar-refractivity contribution in [2.45, 2.75) is 44.7 Å². The zero-order chi connectivity index (χ0) is 23.7. The second kappa shape index (κ2) is 9.84. The SMILES string of the molecule is COCCCNC(=O)N1Cc2c(sc3c2CCCC3)-n2cccc2[C@H]1c1ccc(N(C)C)cc1. The van der Waals surface area contributed by atoms with Gasteiger partial charge in [0.1, 0.15) is 5.00 Å². The molecule has 0 fully saturated rings. The van der Waals surface area contributed by atoms with Crippen LogP contribution in [0, 0.1) is 0 Å². The van der Waals surface area contributed by atoms with Gasteiger partial charge < -0.3 is 24.4 Å². The van der Waals surface area contributed by atoms with Crippen molar-refractivity contribution in [3.63, 3.8) is 0 Å². The number of benzene rings is 1. The number of fused-ring (bicyclic) bond motifs is 5. The summed E-state index contributed by atoms with van der Waals surface area (Å²) in [5.74, 6) is 0. The minimum atomic E-state index is -0.160. The van der Waals surface area contributed by atoms with Crippen molar-refractivity contribution < 1.29 is 9.53 Å². The molecule has 7 heteroatoms. The number of amides is 2. The van der Waals surface area contributed by atoms with Gasteiger partial charge in [-0.2, -0.15) is 0 Å². The molecule has 5 rings (SSSR count). The Bertz CT molecular complexity index is 1150. The minimum Gasteiger partial charge on any atom is -0.385 e. The summed E-state index contributed by atoms with van der Waals surface area (Å²) in [6.45, 7) is 1.87. The van der Waals surface area contributed by atoms with Crippen molar-refractivity contribution in [1.29, 1.82) is 0 Å². The molecule has 0 unspecified atom stereocenters. The quantitative estimate of drug-likeness (QED) is 0.500. The first-order valence-corrected chi connectivity index (χ1v) is 13.0. The largest absolute Gasteiger partial charge is 0.385 e. The normalized spacial score (nSPS) is 16.9. The molecule has 3 heterocycles. The predicted molar refractivity (Wildman–Crippen MR) is 138 cm³/mol. The van der Waals surface area contributed by atoms with Gasteiger partial charge >= 0.3 is 6.03 Å². The maximum atomic E-state index is 13.7. The average molecular weight is 479 g/mol. The Morgan fingerprint density at radius 2 is 1.94 bits per heavy atom. The summed E-state index contributed by atoms with van der Waals surface area (Å²) in [5, 5.41) is 4.45. The molecule has 1 aliphatic heterocycles. The number of hydrogen-bond acceptors (Lipinski definition) is 4. The highest BCUT2D eigenvalue weighted by atomic mass is 32.1. The van der Waals surface area contributed by atoms with E-state index in [0.29, 0.717) is 19.7 Å². The molecule has 2 aromatic heterocycles. The topological polar surface area (TPSA) is 49.7 Å². The Morgan fingerprint density at radius 1 is 1.15 bits per heavy atom. The van der Waals surface area contributed by atoms with E-state index in [9.17, 15) is 4.79 Å². The average Bonchev–Trinajstić information content (AvgIpc) is 3.43. The third-order valence-corrected chi connectivity index (χ3v) is 8.30. The predicted octanol–water partition coefficient (Wildman–Crippen LogP) is 5.13. The van der Waals surface area contributed by atoms with Crippen molar-refractivity contribution in [2.24, 2.45) is 0 Å². The Hall–Kier alpha value is -2.77. The number of rotatable bonds is 6. The fourth-order valence-corrected chi connectivity index (χ4v) is 6.61. The number of nitrogens with one attached hydrogen (secondary N) is 1. The van der Waals surface area contributed by atoms with E-state index in [4.69, 9.17) is 4.74 Å². The van der Waals surface area contributed by atoms with Gasteiger partial charge in [-0.1, -0.05) is 12.1 Å². The number of thiophene rings is 1. The Kier molecular flexibility index (Phi) is 6.66. The molecule has 0 radical (unpaired) electrons. The molecule has 3 aromatic rings. The lowest BCUT2D eigenvalue weighted by Crippen LogP contribution is -2.42. The number of nitrogens with zero attached hydrogens (tertiary/aromatic N) is 3. The van der Waals surface area contributed by atoms with Crippen LogP contribution < -0.4 is 10.2 Å². The Labute approximate surface area is 206 Å². The number of urea groups is 1. The highest BCUT2D eigenvalue weighted by Crippen LogP contribution is 2.44. The van der Waals surface area contributed by atoms with Crippen molar-refractivity contribution in [2.75, 3.05) is 39.3 Å². The molecule has 2 amide bonds. The van der Waals surface area contributed by atoms with E-state index in [1.807, 2.05) is 30.3 Å². The Balaban J connectivity index is 1.58. The van der Waals surface area contributed by atoms with E-state index in [1.54, 1.807) is 7.11 Å². The first kappa shape index (κ1) is 23.0. The maximum Gasteiger partial charge on any atom is 0.318 e. The molecule has 1 aromatic carbocycles. The van der Waals surface area contributed by atoms with Gasteiger partial charge in [-0.25, -0.2) is 4.79 Å². The fourth-order valence-electron chi connectivity index (χ4n) is 5.21. The van der Waals surface area contributed by atoms with Crippen LogP contribution in [0.4, 0.5) is 10.5 Å². The van der Waals surface area contributed by atoms with Crippen LogP contribution in [0.1, 0.15) is 52.6 Å². The molecule has 1 aliphatic carbocycles. The molecule has 6 nitrogen and oxygen atoms in total. The standard InChI is InChI=1S/C27H34N4O2S/c1-29(2)20-13-11-19(12-14-20)25-23-9-6-16-30(23)26-22(21-8-4-5-10-24(21)34-26)18-31(25)27(32)28-15-7-17-33-3/h6,9,11-14,16,25H,4-5,7-8,10,15,17-18H2,1-3H3,(H,28,32)/t25-/m1/s1. The molecule has 1 N–H and O–H groups in total. The van der Waals surface area contributed by atoms with E-state index < -0.39 is 0 Å². The molecule has 0 saturated heterocycles. The van der Waals surface area contributed by atoms with Crippen LogP contribution in [0.2, 0.25) is 0 Å². The number of carbonyl (C=O) groups excluding carboxylic acids is 1. The number of aromatic nitrogens is 1. The number of methoxy groups -OCH3 is 1. The maximum absolute atomic E-state index is 13.7. The highest BCUT2D eigenvalue weighted by Gasteiger charge is 2.35. The van der Waals surface area contributed by atoms with Crippen LogP contribution in [0.25, 0.3) is 5.00 Å². The minimum absolute atomic E-state index is 0.0193. The van der Waals surface area contributed by atoms with Crippen LogP contribution in [-0.2, 0) is 24.1 Å². The number of ether oxygens (including phenoxy) is 1. The van der Waals surface area contributed by atoms with E-state index in [2.05, 4.69) is 57.4 Å². The third kappa shape index (κ3) is 4.23. The van der Waals surface area contributed by atoms with Gasteiger partial charge in [0.15, 0.2) is 0 Å². The molecule has 1 atom stereocenters. The summed E-state index contributed by atoms with van der Waals surface area (Å²) in [7, 11) is 5.79. The van der Waals surface area contributed by atoms with Gasteiger partial charge in [-0.15, -0.1) is 11.3 Å². The van der Waals surface area contributed by atoms with Crippen molar-refractivity contribution in [1.82, 2.24) is 14.8 Å². The zero-order valence-corrected chi connectivity index (χ0v) is 21.2. The molecule has 2 aliphatic rings.